The molecule has 48 heavy (non-hydrogen) atoms. The molecule has 0 aliphatic carbocycles. The highest BCUT2D eigenvalue weighted by molar-refractivity contribution is 9.10. The molecule has 0 radical (unpaired) electrons. The van der Waals surface area contributed by atoms with Gasteiger partial charge in [-0.1, -0.05) is 87.7 Å². The van der Waals surface area contributed by atoms with E-state index in [9.17, 15) is 31.2 Å². The third kappa shape index (κ3) is 9.39. The zero-order valence-electron chi connectivity index (χ0n) is 26.3. The van der Waals surface area contributed by atoms with Crippen LogP contribution in [0.3, 0.4) is 0 Å². The van der Waals surface area contributed by atoms with Crippen LogP contribution in [0.25, 0.3) is 0 Å². The molecule has 0 aliphatic heterocycles. The molecule has 4 aromatic rings. The third-order valence-corrected chi connectivity index (χ3v) is 10.0. The van der Waals surface area contributed by atoms with Gasteiger partial charge in [0.15, 0.2) is 0 Å². The molecule has 0 spiro atoms. The maximum absolute atomic E-state index is 14.5. The zero-order valence-corrected chi connectivity index (χ0v) is 29.5. The van der Waals surface area contributed by atoms with Crippen LogP contribution < -0.4 is 9.62 Å². The fraction of sp³-hybridized carbons (Fsp3) is 0.257. The summed E-state index contributed by atoms with van der Waals surface area (Å²) >= 11 is 9.26. The van der Waals surface area contributed by atoms with E-state index in [0.717, 1.165) is 27.7 Å². The van der Waals surface area contributed by atoms with Crippen LogP contribution in [0, 0.1) is 6.92 Å². The monoisotopic (exact) mass is 763 g/mol. The van der Waals surface area contributed by atoms with Crippen molar-refractivity contribution in [3.63, 3.8) is 0 Å². The minimum absolute atomic E-state index is 0.0888. The number of hydrogen-bond donors (Lipinski definition) is 1. The highest BCUT2D eigenvalue weighted by atomic mass is 79.9. The first-order chi connectivity index (χ1) is 22.6. The minimum atomic E-state index is -4.90. The minimum Gasteiger partial charge on any atom is -0.352 e. The first-order valence-electron chi connectivity index (χ1n) is 14.9. The molecule has 0 heterocycles. The van der Waals surface area contributed by atoms with E-state index in [1.807, 2.05) is 6.07 Å². The second kappa shape index (κ2) is 15.6. The molecular weight excluding hydrogens is 731 g/mol. The number of hydrogen-bond acceptors (Lipinski definition) is 4. The van der Waals surface area contributed by atoms with Gasteiger partial charge < -0.3 is 10.2 Å². The molecule has 2 amide bonds. The van der Waals surface area contributed by atoms with E-state index in [2.05, 4.69) is 21.2 Å². The number of nitrogens with zero attached hydrogens (tertiary/aromatic N) is 2. The number of alkyl halides is 3. The normalized spacial score (nSPS) is 12.4. The number of aryl methyl sites for hydroxylation is 1. The summed E-state index contributed by atoms with van der Waals surface area (Å²) < 4.78 is 71.5. The standard InChI is InChI=1S/C35H34BrClF3N3O4S/c1-23(2)41-34(45)32(19-25-7-5-4-6-8-25)42(21-26-11-13-27(36)14-12-26)33(44)22-43(48(46,47)29-16-9-24(3)10-17-29)28-15-18-31(37)30(20-28)35(38,39)40/h4-18,20,23,32H,19,21-22H2,1-3H3,(H,41,45). The van der Waals surface area contributed by atoms with E-state index in [1.165, 1.54) is 17.0 Å². The van der Waals surface area contributed by atoms with Crippen molar-refractivity contribution >= 4 is 55.1 Å². The third-order valence-electron chi connectivity index (χ3n) is 7.40. The van der Waals surface area contributed by atoms with Crippen LogP contribution in [0.5, 0.6) is 0 Å². The lowest BCUT2D eigenvalue weighted by atomic mass is 10.0. The summed E-state index contributed by atoms with van der Waals surface area (Å²) in [5, 5.41) is 2.23. The van der Waals surface area contributed by atoms with Gasteiger partial charge >= 0.3 is 6.18 Å². The second-order valence-corrected chi connectivity index (χ2v) is 14.7. The van der Waals surface area contributed by atoms with Crippen molar-refractivity contribution in [2.45, 2.75) is 56.9 Å². The Morgan fingerprint density at radius 2 is 1.52 bits per heavy atom. The molecule has 0 bridgehead atoms. The Morgan fingerprint density at radius 1 is 0.896 bits per heavy atom. The average molecular weight is 765 g/mol. The van der Waals surface area contributed by atoms with Crippen molar-refractivity contribution in [3.8, 4) is 0 Å². The number of carbonyl (C=O) groups excluding carboxylic acids is 2. The van der Waals surface area contributed by atoms with Gasteiger partial charge in [-0.05, 0) is 74.4 Å². The second-order valence-electron chi connectivity index (χ2n) is 11.5. The highest BCUT2D eigenvalue weighted by Gasteiger charge is 2.37. The van der Waals surface area contributed by atoms with Gasteiger partial charge in [0.05, 0.1) is 21.2 Å². The number of nitrogens with one attached hydrogen (secondary N) is 1. The summed E-state index contributed by atoms with van der Waals surface area (Å²) in [6.45, 7) is 4.29. The molecular formula is C35H34BrClF3N3O4S. The van der Waals surface area contributed by atoms with Crippen molar-refractivity contribution in [2.75, 3.05) is 10.8 Å². The molecule has 0 aromatic heterocycles. The Bertz CT molecular complexity index is 1840. The molecule has 7 nitrogen and oxygen atoms in total. The van der Waals surface area contributed by atoms with Gasteiger partial charge in [0.25, 0.3) is 10.0 Å². The Labute approximate surface area is 291 Å². The van der Waals surface area contributed by atoms with Crippen molar-refractivity contribution in [2.24, 2.45) is 0 Å². The summed E-state index contributed by atoms with van der Waals surface area (Å²) in [7, 11) is -4.61. The number of sulfonamides is 1. The Morgan fingerprint density at radius 3 is 2.10 bits per heavy atom. The number of halogens is 5. The van der Waals surface area contributed by atoms with E-state index < -0.39 is 56.9 Å². The van der Waals surface area contributed by atoms with Crippen LogP contribution in [0.4, 0.5) is 18.9 Å². The number of rotatable bonds is 12. The van der Waals surface area contributed by atoms with Crippen LogP contribution in [0.1, 0.15) is 36.1 Å². The molecule has 0 aliphatic rings. The van der Waals surface area contributed by atoms with Crippen molar-refractivity contribution in [3.05, 3.63) is 129 Å². The topological polar surface area (TPSA) is 86.8 Å². The van der Waals surface area contributed by atoms with Gasteiger partial charge in [-0.2, -0.15) is 13.2 Å². The van der Waals surface area contributed by atoms with Gasteiger partial charge in [-0.15, -0.1) is 0 Å². The molecule has 1 unspecified atom stereocenters. The van der Waals surface area contributed by atoms with Gasteiger partial charge in [0.1, 0.15) is 12.6 Å². The molecule has 0 saturated carbocycles. The lowest BCUT2D eigenvalue weighted by Gasteiger charge is -2.34. The van der Waals surface area contributed by atoms with E-state index in [1.54, 1.807) is 81.4 Å². The SMILES string of the molecule is Cc1ccc(S(=O)(=O)N(CC(=O)N(Cc2ccc(Br)cc2)C(Cc2ccccc2)C(=O)NC(C)C)c2ccc(Cl)c(C(F)(F)F)c2)cc1. The molecule has 1 atom stereocenters. The van der Waals surface area contributed by atoms with Crippen LogP contribution in [0.2, 0.25) is 5.02 Å². The van der Waals surface area contributed by atoms with Gasteiger partial charge in [0, 0.05) is 23.5 Å². The fourth-order valence-corrected chi connectivity index (χ4v) is 6.87. The van der Waals surface area contributed by atoms with Crippen molar-refractivity contribution in [1.82, 2.24) is 10.2 Å². The number of carbonyl (C=O) groups is 2. The highest BCUT2D eigenvalue weighted by Crippen LogP contribution is 2.38. The molecule has 254 valence electrons. The fourth-order valence-electron chi connectivity index (χ4n) is 4.97. The Hall–Kier alpha value is -3.87. The van der Waals surface area contributed by atoms with E-state index in [0.29, 0.717) is 15.9 Å². The maximum Gasteiger partial charge on any atom is 0.417 e. The van der Waals surface area contributed by atoms with Crippen LogP contribution >= 0.6 is 27.5 Å². The van der Waals surface area contributed by atoms with Gasteiger partial charge in [0.2, 0.25) is 11.8 Å². The lowest BCUT2D eigenvalue weighted by molar-refractivity contribution is -0.140. The van der Waals surface area contributed by atoms with E-state index >= 15 is 0 Å². The summed E-state index contributed by atoms with van der Waals surface area (Å²) in [5.74, 6) is -1.28. The Kier molecular flexibility index (Phi) is 12.0. The molecule has 4 aromatic carbocycles. The smallest absolute Gasteiger partial charge is 0.352 e. The average Bonchev–Trinajstić information content (AvgIpc) is 3.02. The lowest BCUT2D eigenvalue weighted by Crippen LogP contribution is -2.54. The van der Waals surface area contributed by atoms with Crippen LogP contribution in [0.15, 0.2) is 106 Å². The molecule has 0 saturated heterocycles. The van der Waals surface area contributed by atoms with Gasteiger partial charge in [-0.25, -0.2) is 8.42 Å². The maximum atomic E-state index is 14.5. The quantitative estimate of drug-likeness (QED) is 0.160. The van der Waals surface area contributed by atoms with Crippen molar-refractivity contribution < 1.29 is 31.2 Å². The van der Waals surface area contributed by atoms with Crippen molar-refractivity contribution in [1.29, 1.82) is 0 Å². The number of anilines is 1. The Balaban J connectivity index is 1.86. The number of benzene rings is 4. The van der Waals surface area contributed by atoms with Crippen LogP contribution in [-0.4, -0.2) is 43.8 Å². The van der Waals surface area contributed by atoms with Crippen LogP contribution in [-0.2, 0) is 38.8 Å². The molecule has 0 fully saturated rings. The first-order valence-corrected chi connectivity index (χ1v) is 17.5. The van der Waals surface area contributed by atoms with E-state index in [-0.39, 0.29) is 23.9 Å². The largest absolute Gasteiger partial charge is 0.417 e. The summed E-state index contributed by atoms with van der Waals surface area (Å²) in [6.07, 6.45) is -4.81. The summed E-state index contributed by atoms with van der Waals surface area (Å²) in [5.41, 5.74) is 0.453. The zero-order chi connectivity index (χ0) is 35.2. The molecule has 1 N–H and O–H groups in total. The van der Waals surface area contributed by atoms with Gasteiger partial charge in [-0.3, -0.25) is 13.9 Å². The number of amides is 2. The molecule has 4 rings (SSSR count). The summed E-state index contributed by atoms with van der Waals surface area (Å²) in [6, 6.07) is 23.0. The first kappa shape index (κ1) is 37.0. The molecule has 13 heteroatoms. The predicted octanol–water partition coefficient (Wildman–Crippen LogP) is 7.79. The summed E-state index contributed by atoms with van der Waals surface area (Å²) in [4.78, 5) is 29.3. The van der Waals surface area contributed by atoms with E-state index in [4.69, 9.17) is 11.6 Å². The predicted molar refractivity (Wildman–Crippen MR) is 184 cm³/mol.